The van der Waals surface area contributed by atoms with Crippen LogP contribution in [0.1, 0.15) is 16.8 Å². The van der Waals surface area contributed by atoms with Gasteiger partial charge < -0.3 is 14.6 Å². The summed E-state index contributed by atoms with van der Waals surface area (Å²) in [5.74, 6) is -0.354. The third-order valence-electron chi connectivity index (χ3n) is 2.95. The summed E-state index contributed by atoms with van der Waals surface area (Å²) in [6.07, 6.45) is -0.275. The fourth-order valence-electron chi connectivity index (χ4n) is 1.83. The lowest BCUT2D eigenvalue weighted by molar-refractivity contribution is 0.0735. The summed E-state index contributed by atoms with van der Waals surface area (Å²) in [6.45, 7) is 0.0663. The molecule has 2 aromatic rings. The van der Waals surface area contributed by atoms with Crippen molar-refractivity contribution < 1.29 is 24.2 Å². The van der Waals surface area contributed by atoms with Crippen LogP contribution >= 0.6 is 23.2 Å². The summed E-state index contributed by atoms with van der Waals surface area (Å²) in [5, 5.41) is 11.8. The first-order valence-corrected chi connectivity index (χ1v) is 8.06. The van der Waals surface area contributed by atoms with E-state index in [1.165, 1.54) is 42.5 Å². The first-order valence-electron chi connectivity index (χ1n) is 7.31. The molecule has 25 heavy (non-hydrogen) atoms. The molecule has 132 valence electrons. The predicted octanol–water partition coefficient (Wildman–Crippen LogP) is 4.14. The van der Waals surface area contributed by atoms with E-state index in [1.807, 2.05) is 0 Å². The molecule has 1 amide bonds. The standard InChI is InChI=1S/C17H15Cl2NO5/c18-12-8-13(19)10-15(9-12)25-16(22)11-2-4-14(5-3-11)20-17(23)24-7-1-6-21/h2-5,8-10,21H,1,6-7H2,(H,20,23). The van der Waals surface area contributed by atoms with E-state index in [1.54, 1.807) is 0 Å². The van der Waals surface area contributed by atoms with Gasteiger partial charge in [-0.05, 0) is 42.5 Å². The molecule has 0 heterocycles. The Kier molecular flexibility index (Phi) is 7.06. The van der Waals surface area contributed by atoms with Crippen molar-refractivity contribution in [2.24, 2.45) is 0 Å². The molecule has 8 heteroatoms. The fraction of sp³-hybridized carbons (Fsp3) is 0.176. The quantitative estimate of drug-likeness (QED) is 0.444. The Morgan fingerprint density at radius 2 is 1.68 bits per heavy atom. The molecule has 2 aromatic carbocycles. The molecular weight excluding hydrogens is 369 g/mol. The highest BCUT2D eigenvalue weighted by atomic mass is 35.5. The molecule has 0 atom stereocenters. The number of nitrogens with one attached hydrogen (secondary N) is 1. The van der Waals surface area contributed by atoms with Gasteiger partial charge in [0, 0.05) is 28.8 Å². The summed E-state index contributed by atoms with van der Waals surface area (Å²) in [6, 6.07) is 10.5. The van der Waals surface area contributed by atoms with Gasteiger partial charge in [-0.2, -0.15) is 0 Å². The van der Waals surface area contributed by atoms with Crippen molar-refractivity contribution >= 4 is 41.0 Å². The number of carbonyl (C=O) groups excluding carboxylic acids is 2. The Bertz CT molecular complexity index is 729. The SMILES string of the molecule is O=C(Nc1ccc(C(=O)Oc2cc(Cl)cc(Cl)c2)cc1)OCCCO. The number of hydrogen-bond donors (Lipinski definition) is 2. The van der Waals surface area contributed by atoms with E-state index < -0.39 is 12.1 Å². The van der Waals surface area contributed by atoms with Gasteiger partial charge in [0.05, 0.1) is 12.2 Å². The van der Waals surface area contributed by atoms with Crippen LogP contribution < -0.4 is 10.1 Å². The number of aliphatic hydroxyl groups is 1. The van der Waals surface area contributed by atoms with E-state index in [4.69, 9.17) is 37.8 Å². The zero-order chi connectivity index (χ0) is 18.2. The van der Waals surface area contributed by atoms with Crippen molar-refractivity contribution in [1.82, 2.24) is 0 Å². The van der Waals surface area contributed by atoms with E-state index in [0.29, 0.717) is 22.2 Å². The number of ether oxygens (including phenoxy) is 2. The topological polar surface area (TPSA) is 84.9 Å². The van der Waals surface area contributed by atoms with Crippen LogP contribution in [0, 0.1) is 0 Å². The highest BCUT2D eigenvalue weighted by Crippen LogP contribution is 2.25. The van der Waals surface area contributed by atoms with Gasteiger partial charge in [-0.1, -0.05) is 23.2 Å². The Hall–Kier alpha value is -2.28. The zero-order valence-electron chi connectivity index (χ0n) is 13.0. The molecular formula is C17H15Cl2NO5. The number of anilines is 1. The summed E-state index contributed by atoms with van der Waals surface area (Å²) in [7, 11) is 0. The average molecular weight is 384 g/mol. The minimum absolute atomic E-state index is 0.0536. The van der Waals surface area contributed by atoms with Gasteiger partial charge in [0.1, 0.15) is 5.75 Å². The van der Waals surface area contributed by atoms with Crippen LogP contribution in [0.4, 0.5) is 10.5 Å². The monoisotopic (exact) mass is 383 g/mol. The summed E-state index contributed by atoms with van der Waals surface area (Å²) in [5.41, 5.74) is 0.742. The van der Waals surface area contributed by atoms with E-state index in [9.17, 15) is 9.59 Å². The Morgan fingerprint density at radius 1 is 1.04 bits per heavy atom. The molecule has 0 aliphatic heterocycles. The molecule has 0 fully saturated rings. The molecule has 0 radical (unpaired) electrons. The molecule has 0 aliphatic rings. The highest BCUT2D eigenvalue weighted by molar-refractivity contribution is 6.34. The molecule has 0 spiro atoms. The van der Waals surface area contributed by atoms with Gasteiger partial charge in [-0.15, -0.1) is 0 Å². The van der Waals surface area contributed by atoms with Crippen LogP contribution in [-0.2, 0) is 4.74 Å². The van der Waals surface area contributed by atoms with Gasteiger partial charge in [-0.3, -0.25) is 5.32 Å². The van der Waals surface area contributed by atoms with Crippen LogP contribution in [0.15, 0.2) is 42.5 Å². The van der Waals surface area contributed by atoms with Crippen molar-refractivity contribution in [1.29, 1.82) is 0 Å². The van der Waals surface area contributed by atoms with Crippen molar-refractivity contribution in [3.63, 3.8) is 0 Å². The summed E-state index contributed by atoms with van der Waals surface area (Å²) >= 11 is 11.7. The maximum atomic E-state index is 12.1. The Balaban J connectivity index is 1.94. The number of halogens is 2. The fourth-order valence-corrected chi connectivity index (χ4v) is 2.33. The van der Waals surface area contributed by atoms with Crippen molar-refractivity contribution in [2.45, 2.75) is 6.42 Å². The number of rotatable bonds is 6. The zero-order valence-corrected chi connectivity index (χ0v) is 14.5. The van der Waals surface area contributed by atoms with Gasteiger partial charge >= 0.3 is 12.1 Å². The van der Waals surface area contributed by atoms with Gasteiger partial charge in [-0.25, -0.2) is 9.59 Å². The molecule has 0 saturated heterocycles. The lowest BCUT2D eigenvalue weighted by Gasteiger charge is -2.08. The maximum Gasteiger partial charge on any atom is 0.411 e. The largest absolute Gasteiger partial charge is 0.449 e. The third-order valence-corrected chi connectivity index (χ3v) is 3.39. The Morgan fingerprint density at radius 3 is 2.28 bits per heavy atom. The molecule has 0 saturated carbocycles. The van der Waals surface area contributed by atoms with Crippen molar-refractivity contribution in [3.8, 4) is 5.75 Å². The molecule has 6 nitrogen and oxygen atoms in total. The molecule has 2 N–H and O–H groups in total. The average Bonchev–Trinajstić information content (AvgIpc) is 2.54. The number of hydrogen-bond acceptors (Lipinski definition) is 5. The molecule has 0 unspecified atom stereocenters. The van der Waals surface area contributed by atoms with E-state index in [0.717, 1.165) is 0 Å². The van der Waals surface area contributed by atoms with Crippen LogP contribution in [0.5, 0.6) is 5.75 Å². The summed E-state index contributed by atoms with van der Waals surface area (Å²) < 4.78 is 10.0. The lowest BCUT2D eigenvalue weighted by atomic mass is 10.2. The number of benzene rings is 2. The lowest BCUT2D eigenvalue weighted by Crippen LogP contribution is -2.15. The van der Waals surface area contributed by atoms with Crippen LogP contribution in [0.25, 0.3) is 0 Å². The predicted molar refractivity (Wildman–Crippen MR) is 94.5 cm³/mol. The molecule has 2 rings (SSSR count). The minimum atomic E-state index is -0.641. The van der Waals surface area contributed by atoms with E-state index in [2.05, 4.69) is 5.32 Å². The molecule has 0 aromatic heterocycles. The second kappa shape index (κ2) is 9.27. The highest BCUT2D eigenvalue weighted by Gasteiger charge is 2.10. The minimum Gasteiger partial charge on any atom is -0.449 e. The number of carbonyl (C=O) groups is 2. The van der Waals surface area contributed by atoms with E-state index >= 15 is 0 Å². The maximum absolute atomic E-state index is 12.1. The normalized spacial score (nSPS) is 10.2. The Labute approximate surface area is 154 Å². The van der Waals surface area contributed by atoms with Gasteiger partial charge in [0.25, 0.3) is 0 Å². The first-order chi connectivity index (χ1) is 12.0. The van der Waals surface area contributed by atoms with Gasteiger partial charge in [0.2, 0.25) is 0 Å². The van der Waals surface area contributed by atoms with Crippen molar-refractivity contribution in [2.75, 3.05) is 18.5 Å². The number of amides is 1. The van der Waals surface area contributed by atoms with E-state index in [-0.39, 0.29) is 24.5 Å². The van der Waals surface area contributed by atoms with Gasteiger partial charge in [0.15, 0.2) is 0 Å². The van der Waals surface area contributed by atoms with Crippen LogP contribution in [0.2, 0.25) is 10.0 Å². The summed E-state index contributed by atoms with van der Waals surface area (Å²) in [4.78, 5) is 23.6. The first kappa shape index (κ1) is 19.1. The van der Waals surface area contributed by atoms with Crippen molar-refractivity contribution in [3.05, 3.63) is 58.1 Å². The molecule has 0 bridgehead atoms. The second-order valence-electron chi connectivity index (χ2n) is 4.91. The van der Waals surface area contributed by atoms with Crippen LogP contribution in [0.3, 0.4) is 0 Å². The smallest absolute Gasteiger partial charge is 0.411 e. The third kappa shape index (κ3) is 6.26. The number of aliphatic hydroxyl groups excluding tert-OH is 1. The number of esters is 1. The van der Waals surface area contributed by atoms with Crippen LogP contribution in [-0.4, -0.2) is 30.4 Å². The molecule has 0 aliphatic carbocycles. The second-order valence-corrected chi connectivity index (χ2v) is 5.78.